The minimum atomic E-state index is -0.791. The van der Waals surface area contributed by atoms with Crippen LogP contribution in [0.1, 0.15) is 95.9 Å². The molecule has 0 bridgehead atoms. The van der Waals surface area contributed by atoms with E-state index in [0.29, 0.717) is 25.3 Å². The van der Waals surface area contributed by atoms with E-state index < -0.39 is 23.8 Å². The molecule has 37 heavy (non-hydrogen) atoms. The van der Waals surface area contributed by atoms with Crippen molar-refractivity contribution in [3.63, 3.8) is 0 Å². The van der Waals surface area contributed by atoms with Gasteiger partial charge in [-0.2, -0.15) is 11.8 Å². The Balaban J connectivity index is 3.48. The van der Waals surface area contributed by atoms with Crippen molar-refractivity contribution < 1.29 is 19.1 Å². The molecule has 2 atom stereocenters. The number of benzene rings is 1. The first kappa shape index (κ1) is 32.8. The third-order valence-electron chi connectivity index (χ3n) is 5.99. The van der Waals surface area contributed by atoms with Crippen LogP contribution in [0.15, 0.2) is 18.2 Å². The number of nitrogens with one attached hydrogen (secondary N) is 2. The van der Waals surface area contributed by atoms with Crippen LogP contribution < -0.4 is 10.6 Å². The molecule has 0 aliphatic heterocycles. The Kier molecular flexibility index (Phi) is 14.7. The Morgan fingerprint density at radius 1 is 1.05 bits per heavy atom. The highest BCUT2D eigenvalue weighted by Crippen LogP contribution is 2.27. The van der Waals surface area contributed by atoms with Crippen LogP contribution in [-0.4, -0.2) is 59.5 Å². The van der Waals surface area contributed by atoms with Crippen LogP contribution in [0.25, 0.3) is 0 Å². The molecule has 0 aliphatic carbocycles. The molecule has 0 aromatic heterocycles. The van der Waals surface area contributed by atoms with Gasteiger partial charge in [0.05, 0.1) is 0 Å². The number of carbonyl (C=O) groups is 3. The highest BCUT2D eigenvalue weighted by Gasteiger charge is 2.36. The Bertz CT molecular complexity index is 869. The molecule has 3 amide bonds. The first-order valence-electron chi connectivity index (χ1n) is 13.6. The molecule has 1 rings (SSSR count). The minimum absolute atomic E-state index is 0.189. The lowest BCUT2D eigenvalue weighted by Crippen LogP contribution is -2.53. The van der Waals surface area contributed by atoms with E-state index in [2.05, 4.69) is 24.5 Å². The van der Waals surface area contributed by atoms with Gasteiger partial charge in [-0.15, -0.1) is 0 Å². The van der Waals surface area contributed by atoms with E-state index in [1.807, 2.05) is 38.3 Å². The highest BCUT2D eigenvalue weighted by molar-refractivity contribution is 7.98. The molecule has 0 spiro atoms. The lowest BCUT2D eigenvalue weighted by Gasteiger charge is -2.35. The zero-order chi connectivity index (χ0) is 28.0. The number of thioether (sulfide) groups is 1. The second-order valence-corrected chi connectivity index (χ2v) is 11.6. The quantitative estimate of drug-likeness (QED) is 0.272. The second-order valence-electron chi connectivity index (χ2n) is 10.6. The van der Waals surface area contributed by atoms with Gasteiger partial charge in [-0.05, 0) is 77.0 Å². The zero-order valence-corrected chi connectivity index (χ0v) is 25.1. The molecule has 0 saturated carbocycles. The third-order valence-corrected chi connectivity index (χ3v) is 6.64. The van der Waals surface area contributed by atoms with Crippen LogP contribution in [0.3, 0.4) is 0 Å². The molecule has 2 N–H and O–H groups in total. The van der Waals surface area contributed by atoms with Gasteiger partial charge >= 0.3 is 6.09 Å². The van der Waals surface area contributed by atoms with Crippen molar-refractivity contribution in [2.45, 2.75) is 105 Å². The summed E-state index contributed by atoms with van der Waals surface area (Å²) in [6.07, 6.45) is 6.31. The van der Waals surface area contributed by atoms with Gasteiger partial charge in [-0.3, -0.25) is 9.59 Å². The maximum absolute atomic E-state index is 14.1. The molecule has 0 heterocycles. The Labute approximate surface area is 228 Å². The van der Waals surface area contributed by atoms with Crippen LogP contribution in [0.2, 0.25) is 0 Å². The van der Waals surface area contributed by atoms with Crippen LogP contribution in [-0.2, 0) is 14.3 Å². The van der Waals surface area contributed by atoms with Crippen molar-refractivity contribution >= 4 is 29.7 Å². The molecule has 0 radical (unpaired) electrons. The van der Waals surface area contributed by atoms with Gasteiger partial charge < -0.3 is 20.3 Å². The number of aryl methyl sites for hydroxylation is 2. The van der Waals surface area contributed by atoms with Gasteiger partial charge in [0.1, 0.15) is 17.7 Å². The number of hydrogen-bond acceptors (Lipinski definition) is 5. The van der Waals surface area contributed by atoms with Crippen LogP contribution in [0.5, 0.6) is 0 Å². The molecule has 2 unspecified atom stereocenters. The fourth-order valence-corrected chi connectivity index (χ4v) is 4.58. The fourth-order valence-electron chi connectivity index (χ4n) is 4.11. The summed E-state index contributed by atoms with van der Waals surface area (Å²) >= 11 is 1.61. The number of alkyl carbamates (subject to hydrolysis) is 1. The number of ether oxygens (including phenoxy) is 1. The standard InChI is InChI=1S/C29H49N3O4S/c1-9-11-13-18-32(27(34)24(16-19-37-8)31-28(35)36-29(5,6)7)25(26(33)30-17-12-10-2)23-15-14-21(3)20-22(23)4/h14-15,20,24-25H,9-13,16-19H2,1-8H3,(H,30,33)(H,31,35). The van der Waals surface area contributed by atoms with E-state index in [1.54, 1.807) is 37.4 Å². The summed E-state index contributed by atoms with van der Waals surface area (Å²) < 4.78 is 5.46. The summed E-state index contributed by atoms with van der Waals surface area (Å²) in [5, 5.41) is 5.86. The number of nitrogens with zero attached hydrogens (tertiary/aromatic N) is 1. The number of carbonyl (C=O) groups excluding carboxylic acids is 3. The average molecular weight is 536 g/mol. The average Bonchev–Trinajstić information content (AvgIpc) is 2.80. The SMILES string of the molecule is CCCCCN(C(=O)C(CCSC)NC(=O)OC(C)(C)C)C(C(=O)NCCCC)c1ccc(C)cc1C. The van der Waals surface area contributed by atoms with Gasteiger partial charge in [0, 0.05) is 13.1 Å². The van der Waals surface area contributed by atoms with Gasteiger partial charge in [-0.25, -0.2) is 4.79 Å². The molecule has 0 saturated heterocycles. The summed E-state index contributed by atoms with van der Waals surface area (Å²) in [6.45, 7) is 14.5. The summed E-state index contributed by atoms with van der Waals surface area (Å²) in [4.78, 5) is 42.1. The van der Waals surface area contributed by atoms with E-state index in [9.17, 15) is 14.4 Å². The molecule has 8 heteroatoms. The maximum atomic E-state index is 14.1. The van der Waals surface area contributed by atoms with Crippen LogP contribution >= 0.6 is 11.8 Å². The molecule has 210 valence electrons. The summed E-state index contributed by atoms with van der Waals surface area (Å²) in [6, 6.07) is 4.40. The number of unbranched alkanes of at least 4 members (excludes halogenated alkanes) is 3. The normalized spacial score (nSPS) is 13.0. The van der Waals surface area contributed by atoms with Gasteiger partial charge in [-0.1, -0.05) is 56.9 Å². The molecule has 1 aromatic carbocycles. The highest BCUT2D eigenvalue weighted by atomic mass is 32.2. The van der Waals surface area contributed by atoms with E-state index >= 15 is 0 Å². The molecule has 0 fully saturated rings. The predicted molar refractivity (Wildman–Crippen MR) is 154 cm³/mol. The van der Waals surface area contributed by atoms with E-state index in [4.69, 9.17) is 4.74 Å². The molecule has 1 aromatic rings. The van der Waals surface area contributed by atoms with E-state index in [0.717, 1.165) is 48.8 Å². The largest absolute Gasteiger partial charge is 0.444 e. The van der Waals surface area contributed by atoms with Crippen molar-refractivity contribution in [3.05, 3.63) is 34.9 Å². The third kappa shape index (κ3) is 11.8. The summed E-state index contributed by atoms with van der Waals surface area (Å²) in [5.74, 6) is 0.240. The van der Waals surface area contributed by atoms with Gasteiger partial charge in [0.25, 0.3) is 0 Å². The predicted octanol–water partition coefficient (Wildman–Crippen LogP) is 5.93. The summed E-state index contributed by atoms with van der Waals surface area (Å²) in [5.41, 5.74) is 2.19. The van der Waals surface area contributed by atoms with Crippen molar-refractivity contribution in [2.75, 3.05) is 25.1 Å². The summed E-state index contributed by atoms with van der Waals surface area (Å²) in [7, 11) is 0. The molecular weight excluding hydrogens is 486 g/mol. The van der Waals surface area contributed by atoms with Crippen molar-refractivity contribution in [2.24, 2.45) is 0 Å². The Morgan fingerprint density at radius 3 is 2.30 bits per heavy atom. The van der Waals surface area contributed by atoms with Crippen molar-refractivity contribution in [3.8, 4) is 0 Å². The molecule has 0 aliphatic rings. The van der Waals surface area contributed by atoms with Crippen molar-refractivity contribution in [1.82, 2.24) is 15.5 Å². The molecular formula is C29H49N3O4S. The van der Waals surface area contributed by atoms with Crippen LogP contribution in [0.4, 0.5) is 4.79 Å². The van der Waals surface area contributed by atoms with Crippen molar-refractivity contribution in [1.29, 1.82) is 0 Å². The smallest absolute Gasteiger partial charge is 0.408 e. The number of rotatable bonds is 15. The Hall–Kier alpha value is -2.22. The van der Waals surface area contributed by atoms with Crippen LogP contribution in [0, 0.1) is 13.8 Å². The zero-order valence-electron chi connectivity index (χ0n) is 24.2. The molecule has 7 nitrogen and oxygen atoms in total. The number of amides is 3. The number of hydrogen-bond donors (Lipinski definition) is 2. The first-order valence-corrected chi connectivity index (χ1v) is 15.0. The Morgan fingerprint density at radius 2 is 1.73 bits per heavy atom. The lowest BCUT2D eigenvalue weighted by atomic mass is 9.96. The minimum Gasteiger partial charge on any atom is -0.444 e. The lowest BCUT2D eigenvalue weighted by molar-refractivity contribution is -0.142. The topological polar surface area (TPSA) is 87.7 Å². The van der Waals surface area contributed by atoms with E-state index in [-0.39, 0.29) is 11.8 Å². The maximum Gasteiger partial charge on any atom is 0.408 e. The van der Waals surface area contributed by atoms with E-state index in [1.165, 1.54) is 0 Å². The monoisotopic (exact) mass is 535 g/mol. The van der Waals surface area contributed by atoms with Gasteiger partial charge in [0.15, 0.2) is 0 Å². The second kappa shape index (κ2) is 16.6. The fraction of sp³-hybridized carbons (Fsp3) is 0.690. The van der Waals surface area contributed by atoms with Gasteiger partial charge in [0.2, 0.25) is 11.8 Å². The first-order chi connectivity index (χ1) is 17.4.